The van der Waals surface area contributed by atoms with Gasteiger partial charge in [0.15, 0.2) is 15.5 Å². The van der Waals surface area contributed by atoms with E-state index in [1.54, 1.807) is 4.90 Å². The molecule has 1 atom stereocenters. The topological polar surface area (TPSA) is 127 Å². The quantitative estimate of drug-likeness (QED) is 0.497. The van der Waals surface area contributed by atoms with Crippen molar-refractivity contribution in [3.63, 3.8) is 0 Å². The van der Waals surface area contributed by atoms with E-state index in [9.17, 15) is 35.6 Å². The lowest BCUT2D eigenvalue weighted by Crippen LogP contribution is -2.61. The van der Waals surface area contributed by atoms with Crippen LogP contribution >= 0.6 is 0 Å². The van der Waals surface area contributed by atoms with Crippen LogP contribution in [-0.4, -0.2) is 103 Å². The zero-order valence-electron chi connectivity index (χ0n) is 22.8. The first-order valence-corrected chi connectivity index (χ1v) is 14.6. The lowest BCUT2D eigenvalue weighted by atomic mass is 9.99. The van der Waals surface area contributed by atoms with E-state index in [1.807, 2.05) is 18.7 Å². The van der Waals surface area contributed by atoms with Crippen LogP contribution in [-0.2, 0) is 16.0 Å². The van der Waals surface area contributed by atoms with Crippen molar-refractivity contribution in [2.24, 2.45) is 5.92 Å². The average Bonchev–Trinajstić information content (AvgIpc) is 2.85. The third kappa shape index (κ3) is 6.16. The summed E-state index contributed by atoms with van der Waals surface area (Å²) < 4.78 is 80.6. The SMILES string of the molecule is CC(C)[C@@H]1CN(c2ccc(F)c(S(C)(=O)=O)c2)CCN1c1ncc(C(=O)N(C)C2CN(C(=O)O)C2)c(C(F)(F)F)n1. The van der Waals surface area contributed by atoms with Gasteiger partial charge in [-0.2, -0.15) is 13.2 Å². The maximum atomic E-state index is 14.1. The maximum absolute atomic E-state index is 14.1. The summed E-state index contributed by atoms with van der Waals surface area (Å²) in [6, 6.07) is 2.77. The second-order valence-corrected chi connectivity index (χ2v) is 12.5. The van der Waals surface area contributed by atoms with Crippen LogP contribution in [0.2, 0.25) is 0 Å². The second-order valence-electron chi connectivity index (χ2n) is 10.5. The molecule has 1 aromatic carbocycles. The van der Waals surface area contributed by atoms with Gasteiger partial charge in [-0.3, -0.25) is 4.79 Å². The van der Waals surface area contributed by atoms with Crippen LogP contribution < -0.4 is 9.80 Å². The van der Waals surface area contributed by atoms with Gasteiger partial charge in [-0.1, -0.05) is 13.8 Å². The van der Waals surface area contributed by atoms with E-state index < -0.39 is 62.1 Å². The third-order valence-electron chi connectivity index (χ3n) is 7.40. The Kier molecular flexibility index (Phi) is 8.08. The number of piperazine rings is 1. The monoisotopic (exact) mass is 602 g/mol. The minimum atomic E-state index is -4.97. The van der Waals surface area contributed by atoms with Gasteiger partial charge in [-0.05, 0) is 24.1 Å². The third-order valence-corrected chi connectivity index (χ3v) is 8.51. The maximum Gasteiger partial charge on any atom is 0.434 e. The molecule has 224 valence electrons. The molecular formula is C25H30F4N6O5S. The van der Waals surface area contributed by atoms with Crippen molar-refractivity contribution in [1.82, 2.24) is 19.8 Å². The van der Waals surface area contributed by atoms with Crippen molar-refractivity contribution < 1.29 is 40.7 Å². The molecule has 0 aliphatic carbocycles. The largest absolute Gasteiger partial charge is 0.465 e. The number of likely N-dealkylation sites (tertiary alicyclic amines) is 1. The zero-order valence-corrected chi connectivity index (χ0v) is 23.6. The summed E-state index contributed by atoms with van der Waals surface area (Å²) in [7, 11) is -2.52. The number of halogens is 4. The first-order valence-electron chi connectivity index (χ1n) is 12.7. The van der Waals surface area contributed by atoms with Crippen LogP contribution in [0.3, 0.4) is 0 Å². The smallest absolute Gasteiger partial charge is 0.434 e. The number of carbonyl (C=O) groups is 2. The number of benzene rings is 1. The highest BCUT2D eigenvalue weighted by molar-refractivity contribution is 7.90. The molecule has 2 fully saturated rings. The first kappa shape index (κ1) is 30.3. The predicted molar refractivity (Wildman–Crippen MR) is 140 cm³/mol. The Labute approximate surface area is 234 Å². The van der Waals surface area contributed by atoms with Crippen molar-refractivity contribution in [2.75, 3.05) is 55.8 Å². The van der Waals surface area contributed by atoms with Crippen molar-refractivity contribution >= 4 is 33.5 Å². The van der Waals surface area contributed by atoms with Gasteiger partial charge in [-0.15, -0.1) is 0 Å². The minimum Gasteiger partial charge on any atom is -0.465 e. The molecule has 2 aliphatic rings. The number of rotatable bonds is 6. The van der Waals surface area contributed by atoms with Gasteiger partial charge < -0.3 is 24.7 Å². The van der Waals surface area contributed by atoms with E-state index >= 15 is 0 Å². The number of amides is 2. The fourth-order valence-corrected chi connectivity index (χ4v) is 5.69. The Morgan fingerprint density at radius 1 is 1.15 bits per heavy atom. The normalized spacial score (nSPS) is 18.5. The number of sulfone groups is 1. The van der Waals surface area contributed by atoms with Crippen molar-refractivity contribution in [3.05, 3.63) is 41.5 Å². The van der Waals surface area contributed by atoms with Gasteiger partial charge in [0.2, 0.25) is 5.95 Å². The molecule has 0 saturated carbocycles. The van der Waals surface area contributed by atoms with Gasteiger partial charge in [-0.25, -0.2) is 27.6 Å². The zero-order chi connectivity index (χ0) is 30.4. The summed E-state index contributed by atoms with van der Waals surface area (Å²) in [6.07, 6.45) is -4.40. The number of likely N-dealkylation sites (N-methyl/N-ethyl adjacent to an activating group) is 1. The van der Waals surface area contributed by atoms with E-state index in [4.69, 9.17) is 5.11 Å². The van der Waals surface area contributed by atoms with Crippen LogP contribution in [0.1, 0.15) is 29.9 Å². The highest BCUT2D eigenvalue weighted by atomic mass is 32.2. The van der Waals surface area contributed by atoms with Crippen molar-refractivity contribution in [2.45, 2.75) is 37.0 Å². The fraction of sp³-hybridized carbons (Fsp3) is 0.520. The van der Waals surface area contributed by atoms with Gasteiger partial charge in [0.05, 0.1) is 17.6 Å². The van der Waals surface area contributed by atoms with Crippen molar-refractivity contribution in [3.8, 4) is 0 Å². The molecule has 0 unspecified atom stereocenters. The predicted octanol–water partition coefficient (Wildman–Crippen LogP) is 2.82. The van der Waals surface area contributed by atoms with E-state index in [2.05, 4.69) is 9.97 Å². The summed E-state index contributed by atoms with van der Waals surface area (Å²) in [4.78, 5) is 37.0. The first-order chi connectivity index (χ1) is 19.0. The highest BCUT2D eigenvalue weighted by Crippen LogP contribution is 2.34. The Morgan fingerprint density at radius 3 is 2.37 bits per heavy atom. The summed E-state index contributed by atoms with van der Waals surface area (Å²) in [6.45, 7) is 4.40. The van der Waals surface area contributed by atoms with E-state index in [0.717, 1.165) is 28.3 Å². The molecule has 16 heteroatoms. The molecule has 11 nitrogen and oxygen atoms in total. The number of carbonyl (C=O) groups excluding carboxylic acids is 1. The molecule has 2 aliphatic heterocycles. The number of hydrogen-bond acceptors (Lipinski definition) is 8. The summed E-state index contributed by atoms with van der Waals surface area (Å²) >= 11 is 0. The highest BCUT2D eigenvalue weighted by Gasteiger charge is 2.42. The molecule has 2 amide bonds. The van der Waals surface area contributed by atoms with Crippen LogP contribution in [0.4, 0.5) is 34.0 Å². The molecule has 4 rings (SSSR count). The van der Waals surface area contributed by atoms with E-state index in [1.165, 1.54) is 19.2 Å². The number of carboxylic acid groups (broad SMARTS) is 1. The van der Waals surface area contributed by atoms with Gasteiger partial charge in [0, 0.05) is 57.9 Å². The molecule has 2 aromatic rings. The van der Waals surface area contributed by atoms with Crippen molar-refractivity contribution in [1.29, 1.82) is 0 Å². The molecule has 3 heterocycles. The average molecular weight is 603 g/mol. The van der Waals surface area contributed by atoms with Crippen LogP contribution in [0.25, 0.3) is 0 Å². The Balaban J connectivity index is 1.61. The second kappa shape index (κ2) is 10.9. The summed E-state index contributed by atoms with van der Waals surface area (Å²) in [5.41, 5.74) is -1.68. The molecule has 2 saturated heterocycles. The van der Waals surface area contributed by atoms with Gasteiger partial charge in [0.25, 0.3) is 5.91 Å². The molecule has 0 bridgehead atoms. The van der Waals surface area contributed by atoms with Gasteiger partial charge in [0.1, 0.15) is 10.7 Å². The lowest BCUT2D eigenvalue weighted by Gasteiger charge is -2.44. The molecule has 0 spiro atoms. The Hall–Kier alpha value is -3.69. The number of hydrogen-bond donors (Lipinski definition) is 1. The Morgan fingerprint density at radius 2 is 1.80 bits per heavy atom. The minimum absolute atomic E-state index is 0.0159. The summed E-state index contributed by atoms with van der Waals surface area (Å²) in [5, 5.41) is 9.00. The molecule has 41 heavy (non-hydrogen) atoms. The molecule has 1 aromatic heterocycles. The Bertz CT molecular complexity index is 1450. The number of nitrogens with zero attached hydrogens (tertiary/aromatic N) is 6. The standard InChI is InChI=1S/C25H30F4N6O5S/c1-14(2)19-13-33(15-5-6-18(26)20(9-15)41(4,39)40)7-8-35(19)23-30-10-17(21(31-23)25(27,28)29)22(36)32(3)16-11-34(12-16)24(37)38/h5-6,9-10,14,16,19H,7-8,11-13H2,1-4H3,(H,37,38)/t19-/m0/s1. The number of aromatic nitrogens is 2. The van der Waals surface area contributed by atoms with Crippen LogP contribution in [0, 0.1) is 11.7 Å². The molecule has 0 radical (unpaired) electrons. The number of anilines is 2. The van der Waals surface area contributed by atoms with E-state index in [-0.39, 0.29) is 44.6 Å². The van der Waals surface area contributed by atoms with Crippen LogP contribution in [0.5, 0.6) is 0 Å². The lowest BCUT2D eigenvalue weighted by molar-refractivity contribution is -0.141. The fourth-order valence-electron chi connectivity index (χ4n) is 4.93. The number of alkyl halides is 3. The van der Waals surface area contributed by atoms with E-state index in [0.29, 0.717) is 5.69 Å². The van der Waals surface area contributed by atoms with Crippen LogP contribution in [0.15, 0.2) is 29.3 Å². The molecular weight excluding hydrogens is 572 g/mol. The summed E-state index contributed by atoms with van der Waals surface area (Å²) in [5.74, 6) is -2.16. The molecule has 1 N–H and O–H groups in total. The van der Waals surface area contributed by atoms with Gasteiger partial charge >= 0.3 is 12.3 Å².